The molecule has 7 heteroatoms. The van der Waals surface area contributed by atoms with Gasteiger partial charge in [0.15, 0.2) is 12.4 Å². The second-order valence-corrected chi connectivity index (χ2v) is 3.96. The highest BCUT2D eigenvalue weighted by Gasteiger charge is 2.17. The van der Waals surface area contributed by atoms with Crippen LogP contribution in [0.1, 0.15) is 12.5 Å². The van der Waals surface area contributed by atoms with Gasteiger partial charge in [-0.2, -0.15) is 0 Å². The van der Waals surface area contributed by atoms with Gasteiger partial charge >= 0.3 is 5.69 Å². The Labute approximate surface area is 111 Å². The molecule has 19 heavy (non-hydrogen) atoms. The number of hydrogen-bond acceptors (Lipinski definition) is 5. The first kappa shape index (κ1) is 14.9. The maximum atomic E-state index is 11.6. The van der Waals surface area contributed by atoms with E-state index >= 15 is 0 Å². The molecule has 0 aliphatic carbocycles. The number of carbonyl (C=O) groups excluding carboxylic acids is 1. The average Bonchev–Trinajstić information content (AvgIpc) is 2.43. The van der Waals surface area contributed by atoms with E-state index in [0.717, 1.165) is 0 Å². The van der Waals surface area contributed by atoms with Crippen molar-refractivity contribution in [3.05, 3.63) is 33.9 Å². The number of amides is 1. The van der Waals surface area contributed by atoms with Gasteiger partial charge in [0, 0.05) is 26.2 Å². The van der Waals surface area contributed by atoms with Gasteiger partial charge in [-0.3, -0.25) is 14.9 Å². The molecule has 0 atom stereocenters. The number of hydrogen-bond donors (Lipinski definition) is 1. The summed E-state index contributed by atoms with van der Waals surface area (Å²) in [5.74, 6) is -0.180. The Morgan fingerprint density at radius 3 is 2.74 bits per heavy atom. The first-order valence-corrected chi connectivity index (χ1v) is 5.83. The minimum absolute atomic E-state index is 0.0609. The van der Waals surface area contributed by atoms with Gasteiger partial charge in [0.2, 0.25) is 0 Å². The van der Waals surface area contributed by atoms with Gasteiger partial charge in [-0.25, -0.2) is 0 Å². The summed E-state index contributed by atoms with van der Waals surface area (Å²) in [6.45, 7) is 2.39. The van der Waals surface area contributed by atoms with E-state index in [2.05, 4.69) is 0 Å². The minimum Gasteiger partial charge on any atom is -0.477 e. The quantitative estimate of drug-likeness (QED) is 0.610. The largest absolute Gasteiger partial charge is 0.477 e. The molecule has 7 nitrogen and oxygen atoms in total. The molecule has 0 saturated carbocycles. The zero-order valence-electron chi connectivity index (χ0n) is 11.0. The Hall–Kier alpha value is -2.15. The number of likely N-dealkylation sites (N-methyl/N-ethyl adjacent to an activating group) is 1. The van der Waals surface area contributed by atoms with Crippen molar-refractivity contribution in [2.45, 2.75) is 13.5 Å². The lowest BCUT2D eigenvalue weighted by atomic mass is 10.2. The van der Waals surface area contributed by atoms with Gasteiger partial charge < -0.3 is 15.4 Å². The van der Waals surface area contributed by atoms with Crippen LogP contribution in [0, 0.1) is 10.1 Å². The van der Waals surface area contributed by atoms with Crippen LogP contribution in [0.25, 0.3) is 0 Å². The Balaban J connectivity index is 2.86. The fraction of sp³-hybridized carbons (Fsp3) is 0.417. The van der Waals surface area contributed by atoms with Gasteiger partial charge in [0.1, 0.15) is 0 Å². The van der Waals surface area contributed by atoms with E-state index in [-0.39, 0.29) is 30.5 Å². The van der Waals surface area contributed by atoms with Crippen molar-refractivity contribution < 1.29 is 14.5 Å². The van der Waals surface area contributed by atoms with Crippen LogP contribution in [0.4, 0.5) is 5.69 Å². The molecule has 0 heterocycles. The number of carbonyl (C=O) groups is 1. The highest BCUT2D eigenvalue weighted by Crippen LogP contribution is 2.27. The molecule has 1 aromatic rings. The summed E-state index contributed by atoms with van der Waals surface area (Å²) in [5, 5.41) is 10.9. The molecule has 0 bridgehead atoms. The molecular formula is C12H17N3O4. The molecule has 1 aromatic carbocycles. The standard InChI is InChI=1S/C12H17N3O4/c1-3-14(2)12(16)8-19-11-6-9(7-13)4-5-10(11)15(17)18/h4-6H,3,7-8,13H2,1-2H3. The second-order valence-electron chi connectivity index (χ2n) is 3.96. The van der Waals surface area contributed by atoms with Crippen LogP contribution in [-0.4, -0.2) is 35.9 Å². The van der Waals surface area contributed by atoms with Gasteiger partial charge in [-0.15, -0.1) is 0 Å². The van der Waals surface area contributed by atoms with Crippen molar-refractivity contribution in [3.63, 3.8) is 0 Å². The summed E-state index contributed by atoms with van der Waals surface area (Å²) in [4.78, 5) is 23.4. The molecule has 0 aromatic heterocycles. The predicted octanol–water partition coefficient (Wildman–Crippen LogP) is 0.911. The molecule has 0 aliphatic heterocycles. The summed E-state index contributed by atoms with van der Waals surface area (Å²) in [5.41, 5.74) is 6.00. The minimum atomic E-state index is -0.552. The van der Waals surface area contributed by atoms with Crippen molar-refractivity contribution in [1.29, 1.82) is 0 Å². The fourth-order valence-corrected chi connectivity index (χ4v) is 1.38. The number of ether oxygens (including phenoxy) is 1. The smallest absolute Gasteiger partial charge is 0.310 e. The number of benzene rings is 1. The van der Waals surface area contributed by atoms with Gasteiger partial charge in [-0.1, -0.05) is 6.07 Å². The van der Waals surface area contributed by atoms with Crippen molar-refractivity contribution in [2.75, 3.05) is 20.2 Å². The van der Waals surface area contributed by atoms with Crippen molar-refractivity contribution in [3.8, 4) is 5.75 Å². The molecule has 0 fully saturated rings. The van der Waals surface area contributed by atoms with Crippen LogP contribution in [0.15, 0.2) is 18.2 Å². The Morgan fingerprint density at radius 1 is 1.53 bits per heavy atom. The zero-order chi connectivity index (χ0) is 14.4. The molecule has 0 saturated heterocycles. The van der Waals surface area contributed by atoms with E-state index < -0.39 is 4.92 Å². The predicted molar refractivity (Wildman–Crippen MR) is 69.8 cm³/mol. The van der Waals surface area contributed by atoms with Crippen LogP contribution in [-0.2, 0) is 11.3 Å². The summed E-state index contributed by atoms with van der Waals surface area (Å²) < 4.78 is 5.24. The summed E-state index contributed by atoms with van der Waals surface area (Å²) >= 11 is 0. The Kier molecular flexibility index (Phi) is 5.25. The number of rotatable bonds is 6. The molecule has 0 spiro atoms. The van der Waals surface area contributed by atoms with E-state index in [4.69, 9.17) is 10.5 Å². The monoisotopic (exact) mass is 267 g/mol. The second kappa shape index (κ2) is 6.69. The lowest BCUT2D eigenvalue weighted by molar-refractivity contribution is -0.385. The normalized spacial score (nSPS) is 10.1. The number of nitro groups is 1. The summed E-state index contributed by atoms with van der Waals surface area (Å²) in [6.07, 6.45) is 0. The van der Waals surface area contributed by atoms with Crippen molar-refractivity contribution in [1.82, 2.24) is 4.90 Å². The first-order valence-electron chi connectivity index (χ1n) is 5.83. The molecular weight excluding hydrogens is 250 g/mol. The Bertz CT molecular complexity index is 476. The molecule has 104 valence electrons. The number of nitrogens with zero attached hydrogens (tertiary/aromatic N) is 2. The molecule has 1 amide bonds. The maximum Gasteiger partial charge on any atom is 0.310 e. The van der Waals surface area contributed by atoms with Gasteiger partial charge in [0.05, 0.1) is 4.92 Å². The SMILES string of the molecule is CCN(C)C(=O)COc1cc(CN)ccc1[N+](=O)[O-]. The molecule has 0 unspecified atom stereocenters. The molecule has 1 rings (SSSR count). The van der Waals surface area contributed by atoms with E-state index in [9.17, 15) is 14.9 Å². The van der Waals surface area contributed by atoms with Crippen LogP contribution in [0.2, 0.25) is 0 Å². The molecule has 2 N–H and O–H groups in total. The van der Waals surface area contributed by atoms with E-state index in [1.165, 1.54) is 17.0 Å². The third kappa shape index (κ3) is 3.92. The highest BCUT2D eigenvalue weighted by molar-refractivity contribution is 5.77. The third-order valence-electron chi connectivity index (χ3n) is 2.71. The molecule has 0 radical (unpaired) electrons. The van der Waals surface area contributed by atoms with E-state index in [1.54, 1.807) is 13.1 Å². The maximum absolute atomic E-state index is 11.6. The first-order chi connectivity index (χ1) is 8.99. The molecule has 0 aliphatic rings. The van der Waals surface area contributed by atoms with E-state index in [1.807, 2.05) is 6.92 Å². The lowest BCUT2D eigenvalue weighted by Crippen LogP contribution is -2.31. The van der Waals surface area contributed by atoms with Crippen LogP contribution >= 0.6 is 0 Å². The number of nitro benzene ring substituents is 1. The lowest BCUT2D eigenvalue weighted by Gasteiger charge is -2.15. The van der Waals surface area contributed by atoms with E-state index in [0.29, 0.717) is 12.1 Å². The zero-order valence-corrected chi connectivity index (χ0v) is 11.0. The van der Waals surface area contributed by atoms with Crippen LogP contribution in [0.5, 0.6) is 5.75 Å². The fourth-order valence-electron chi connectivity index (χ4n) is 1.38. The van der Waals surface area contributed by atoms with Crippen molar-refractivity contribution >= 4 is 11.6 Å². The topological polar surface area (TPSA) is 98.7 Å². The highest BCUT2D eigenvalue weighted by atomic mass is 16.6. The van der Waals surface area contributed by atoms with Crippen molar-refractivity contribution in [2.24, 2.45) is 5.73 Å². The summed E-state index contributed by atoms with van der Waals surface area (Å²) in [7, 11) is 1.64. The average molecular weight is 267 g/mol. The summed E-state index contributed by atoms with van der Waals surface area (Å²) in [6, 6.07) is 4.37. The Morgan fingerprint density at radius 2 is 2.21 bits per heavy atom. The third-order valence-corrected chi connectivity index (χ3v) is 2.71. The van der Waals surface area contributed by atoms with Gasteiger partial charge in [-0.05, 0) is 18.6 Å². The van der Waals surface area contributed by atoms with Crippen LogP contribution < -0.4 is 10.5 Å². The van der Waals surface area contributed by atoms with Crippen LogP contribution in [0.3, 0.4) is 0 Å². The van der Waals surface area contributed by atoms with Gasteiger partial charge in [0.25, 0.3) is 5.91 Å². The number of nitrogens with two attached hydrogens (primary N) is 1.